The molecule has 3 aromatic rings. The van der Waals surface area contributed by atoms with Crippen LogP contribution in [0.1, 0.15) is 31.9 Å². The van der Waals surface area contributed by atoms with E-state index < -0.39 is 10.0 Å². The van der Waals surface area contributed by atoms with E-state index in [-0.39, 0.29) is 15.4 Å². The minimum absolute atomic E-state index is 0.0586. The molecule has 0 atom stereocenters. The molecule has 1 N–H and O–H groups in total. The Morgan fingerprint density at radius 2 is 2.04 bits per heavy atom. The van der Waals surface area contributed by atoms with Crippen LogP contribution in [0.5, 0.6) is 0 Å². The van der Waals surface area contributed by atoms with Gasteiger partial charge in [0.05, 0.1) is 26.7 Å². The fourth-order valence-corrected chi connectivity index (χ4v) is 5.68. The van der Waals surface area contributed by atoms with Gasteiger partial charge in [0.1, 0.15) is 1.12 Å². The molecule has 2 aromatic carbocycles. The number of thiol groups is 1. The van der Waals surface area contributed by atoms with Crippen molar-refractivity contribution >= 4 is 61.6 Å². The molecule has 0 aliphatic carbocycles. The summed E-state index contributed by atoms with van der Waals surface area (Å²) in [4.78, 5) is 5.35. The van der Waals surface area contributed by atoms with Gasteiger partial charge in [-0.2, -0.15) is 5.26 Å². The summed E-state index contributed by atoms with van der Waals surface area (Å²) in [5.74, 6) is 0. The Labute approximate surface area is 178 Å². The molecule has 28 heavy (non-hydrogen) atoms. The Bertz CT molecular complexity index is 1180. The van der Waals surface area contributed by atoms with Crippen LogP contribution in [-0.4, -0.2) is 14.5 Å². The van der Waals surface area contributed by atoms with E-state index in [4.69, 9.17) is 10.0 Å². The van der Waals surface area contributed by atoms with Crippen molar-refractivity contribution in [2.45, 2.75) is 36.0 Å². The lowest BCUT2D eigenvalue weighted by Crippen LogP contribution is -2.13. The third kappa shape index (κ3) is 4.45. The molecule has 0 saturated carbocycles. The Morgan fingerprint density at radius 3 is 2.64 bits per heavy atom. The molecule has 6 nitrogen and oxygen atoms in total. The second kappa shape index (κ2) is 7.93. The van der Waals surface area contributed by atoms with E-state index in [1.54, 1.807) is 0 Å². The molecular weight excluding hydrogens is 434 g/mol. The highest BCUT2D eigenvalue weighted by Crippen LogP contribution is 2.39. The molecule has 10 heteroatoms. The largest absolute Gasteiger partial charge is 0.263 e. The number of fused-ring (bicyclic) bond motifs is 1. The summed E-state index contributed by atoms with van der Waals surface area (Å²) in [6.07, 6.45) is 0. The highest BCUT2D eigenvalue weighted by Gasteiger charge is 2.22. The van der Waals surface area contributed by atoms with Gasteiger partial charge in [-0.1, -0.05) is 32.1 Å². The summed E-state index contributed by atoms with van der Waals surface area (Å²) >= 11 is 2.84. The van der Waals surface area contributed by atoms with Crippen molar-refractivity contribution in [2.75, 3.05) is 4.72 Å². The van der Waals surface area contributed by atoms with Crippen molar-refractivity contribution in [3.63, 3.8) is 0 Å². The Balaban J connectivity index is 1.97. The third-order valence-electron chi connectivity index (χ3n) is 3.94. The van der Waals surface area contributed by atoms with Gasteiger partial charge in [0.2, 0.25) is 0 Å². The monoisotopic (exact) mass is 453 g/mol. The van der Waals surface area contributed by atoms with Crippen LogP contribution in [0.15, 0.2) is 46.2 Å². The summed E-state index contributed by atoms with van der Waals surface area (Å²) in [5, 5.41) is 9.11. The van der Waals surface area contributed by atoms with Gasteiger partial charge < -0.3 is 0 Å². The molecule has 0 fully saturated rings. The number of sulfonamides is 1. The highest BCUT2D eigenvalue weighted by molar-refractivity contribution is 8.01. The van der Waals surface area contributed by atoms with Crippen molar-refractivity contribution in [3.05, 3.63) is 47.5 Å². The van der Waals surface area contributed by atoms with Crippen molar-refractivity contribution in [1.29, 1.82) is 6.39 Å². The van der Waals surface area contributed by atoms with E-state index in [1.165, 1.54) is 35.6 Å². The summed E-state index contributed by atoms with van der Waals surface area (Å²) < 4.78 is 40.8. The quantitative estimate of drug-likeness (QED) is 0.397. The van der Waals surface area contributed by atoms with Crippen LogP contribution < -0.4 is 4.72 Å². The smallest absolute Gasteiger partial charge is 0.255 e. The van der Waals surface area contributed by atoms with Gasteiger partial charge in [0.25, 0.3) is 10.0 Å². The molecule has 1 heterocycles. The molecule has 146 valence electrons. The van der Waals surface area contributed by atoms with E-state index >= 15 is 0 Å². The van der Waals surface area contributed by atoms with Crippen LogP contribution in [0, 0.1) is 11.3 Å². The van der Waals surface area contributed by atoms with Crippen molar-refractivity contribution < 1.29 is 12.0 Å². The molecule has 0 spiro atoms. The van der Waals surface area contributed by atoms with E-state index in [0.717, 1.165) is 27.2 Å². The summed E-state index contributed by atoms with van der Waals surface area (Å²) in [6.45, 7) is 6.19. The number of rotatable bonds is 6. The van der Waals surface area contributed by atoms with Crippen LogP contribution in [0.3, 0.4) is 0 Å². The number of hydrogen-bond donors (Lipinski definition) is 2. The van der Waals surface area contributed by atoms with Gasteiger partial charge in [0, 0.05) is 16.9 Å². The van der Waals surface area contributed by atoms with Crippen LogP contribution in [0.25, 0.3) is 10.2 Å². The molecule has 0 aliphatic rings. The SMILES string of the molecule is [3H]SOSc1cc2sc(NS(=O)(=O)c3ccc(C#N)cc3)nc2cc1C(C)(C)C. The van der Waals surface area contributed by atoms with Gasteiger partial charge in [-0.15, -0.1) is 0 Å². The van der Waals surface area contributed by atoms with Gasteiger partial charge in [-0.3, -0.25) is 4.72 Å². The lowest BCUT2D eigenvalue weighted by atomic mass is 9.87. The maximum absolute atomic E-state index is 12.6. The number of nitrogens with zero attached hydrogens (tertiary/aromatic N) is 2. The normalized spacial score (nSPS) is 12.6. The predicted molar refractivity (Wildman–Crippen MR) is 116 cm³/mol. The Hall–Kier alpha value is -1.77. The number of benzene rings is 2. The zero-order valence-electron chi connectivity index (χ0n) is 16.2. The topological polar surface area (TPSA) is 92.1 Å². The third-order valence-corrected chi connectivity index (χ3v) is 7.14. The van der Waals surface area contributed by atoms with E-state index in [9.17, 15) is 8.42 Å². The fraction of sp³-hybridized carbons (Fsp3) is 0.222. The highest BCUT2D eigenvalue weighted by atomic mass is 32.2. The molecule has 0 radical (unpaired) electrons. The number of aromatic nitrogens is 1. The fourth-order valence-electron chi connectivity index (χ4n) is 2.57. The van der Waals surface area contributed by atoms with Crippen LogP contribution in [0.4, 0.5) is 5.13 Å². The van der Waals surface area contributed by atoms with E-state index in [0.29, 0.717) is 23.9 Å². The van der Waals surface area contributed by atoms with Crippen molar-refractivity contribution in [1.82, 2.24) is 4.98 Å². The van der Waals surface area contributed by atoms with Crippen LogP contribution >= 0.6 is 36.2 Å². The first-order chi connectivity index (χ1) is 13.6. The van der Waals surface area contributed by atoms with Crippen LogP contribution in [-0.2, 0) is 19.1 Å². The molecule has 0 saturated heterocycles. The van der Waals surface area contributed by atoms with Gasteiger partial charge in [0.15, 0.2) is 5.13 Å². The second-order valence-corrected chi connectivity index (χ2v) is 10.8. The zero-order valence-corrected chi connectivity index (χ0v) is 18.5. The number of nitrogens with one attached hydrogen (secondary N) is 1. The Morgan fingerprint density at radius 1 is 1.32 bits per heavy atom. The maximum atomic E-state index is 12.6. The minimum atomic E-state index is -3.82. The number of nitriles is 1. The van der Waals surface area contributed by atoms with Gasteiger partial charge in [-0.05, 0) is 60.2 Å². The summed E-state index contributed by atoms with van der Waals surface area (Å²) in [5.41, 5.74) is 1.88. The average Bonchev–Trinajstić information content (AvgIpc) is 3.05. The van der Waals surface area contributed by atoms with Crippen molar-refractivity contribution in [2.24, 2.45) is 0 Å². The first-order valence-electron chi connectivity index (χ1n) is 8.49. The molecule has 3 rings (SSSR count). The van der Waals surface area contributed by atoms with E-state index in [2.05, 4.69) is 30.5 Å². The summed E-state index contributed by atoms with van der Waals surface area (Å²) in [7, 11) is -3.82. The standard InChI is InChI=1S/C18H17N3O3S4/c1-18(2,3)13-8-14-16(9-15(13)27-24-25)26-17(20-14)21-28(22,23)12-6-4-11(10-19)5-7-12/h4-9,25H,1-3H3,(H,20,21)/i/hT. The predicted octanol–water partition coefficient (Wildman–Crippen LogP) is 5.13. The maximum Gasteiger partial charge on any atom is 0.263 e. The molecule has 0 aliphatic heterocycles. The number of thiazole rings is 1. The number of anilines is 1. The second-order valence-electron chi connectivity index (χ2n) is 6.98. The first-order valence-corrected chi connectivity index (χ1v) is 11.5. The summed E-state index contributed by atoms with van der Waals surface area (Å²) in [6, 6.07) is 11.5. The molecular formula is C18H17N3O3S4. The Kier molecular flexibility index (Phi) is 5.53. The van der Waals surface area contributed by atoms with Gasteiger partial charge >= 0.3 is 0 Å². The molecule has 0 bridgehead atoms. The van der Waals surface area contributed by atoms with Crippen LogP contribution in [0.2, 0.25) is 0 Å². The zero-order chi connectivity index (χ0) is 21.2. The molecule has 0 amide bonds. The minimum Gasteiger partial charge on any atom is -0.255 e. The lowest BCUT2D eigenvalue weighted by Gasteiger charge is -2.21. The first kappa shape index (κ1) is 19.5. The molecule has 0 unspecified atom stereocenters. The lowest BCUT2D eigenvalue weighted by molar-refractivity contribution is 0.577. The number of hydrogen-bond acceptors (Lipinski definition) is 8. The van der Waals surface area contributed by atoms with Crippen molar-refractivity contribution in [3.8, 4) is 6.07 Å². The van der Waals surface area contributed by atoms with Gasteiger partial charge in [-0.25, -0.2) is 17.0 Å². The van der Waals surface area contributed by atoms with E-state index in [1.807, 2.05) is 18.2 Å². The average molecular weight is 454 g/mol. The molecule has 1 aromatic heterocycles.